The van der Waals surface area contributed by atoms with Gasteiger partial charge in [-0.1, -0.05) is 30.3 Å². The Balaban J connectivity index is 2.15. The number of carbonyl (C=O) groups excluding carboxylic acids is 1. The fourth-order valence-electron chi connectivity index (χ4n) is 2.79. The predicted octanol–water partition coefficient (Wildman–Crippen LogP) is 3.09. The van der Waals surface area contributed by atoms with Gasteiger partial charge in [-0.05, 0) is 42.5 Å². The lowest BCUT2D eigenvalue weighted by atomic mass is 9.93. The molecule has 0 spiro atoms. The van der Waals surface area contributed by atoms with E-state index >= 15 is 0 Å². The summed E-state index contributed by atoms with van der Waals surface area (Å²) in [7, 11) is 0. The van der Waals surface area contributed by atoms with Gasteiger partial charge in [0.05, 0.1) is 0 Å². The van der Waals surface area contributed by atoms with Crippen molar-refractivity contribution in [3.8, 4) is 0 Å². The molecule has 0 amide bonds. The maximum Gasteiger partial charge on any atom is 0.255 e. The van der Waals surface area contributed by atoms with Gasteiger partial charge in [0.25, 0.3) is 5.56 Å². The van der Waals surface area contributed by atoms with Crippen molar-refractivity contribution in [2.75, 3.05) is 0 Å². The zero-order valence-electron chi connectivity index (χ0n) is 13.1. The van der Waals surface area contributed by atoms with Crippen molar-refractivity contribution in [2.24, 2.45) is 5.73 Å². The number of hydrogen-bond acceptors (Lipinski definition) is 3. The maximum atomic E-state index is 12.9. The van der Waals surface area contributed by atoms with Gasteiger partial charge in [0, 0.05) is 28.8 Å². The van der Waals surface area contributed by atoms with Crippen molar-refractivity contribution in [3.05, 3.63) is 81.3 Å². The van der Waals surface area contributed by atoms with Crippen molar-refractivity contribution >= 4 is 16.6 Å². The molecular formula is C19H18N2O2. The molecule has 2 aromatic carbocycles. The van der Waals surface area contributed by atoms with E-state index in [1.54, 1.807) is 30.5 Å². The van der Waals surface area contributed by atoms with Gasteiger partial charge in [0.15, 0.2) is 5.78 Å². The van der Waals surface area contributed by atoms with Gasteiger partial charge in [0.1, 0.15) is 0 Å². The van der Waals surface area contributed by atoms with E-state index in [9.17, 15) is 9.59 Å². The van der Waals surface area contributed by atoms with E-state index in [4.69, 9.17) is 5.73 Å². The third-order valence-corrected chi connectivity index (χ3v) is 4.08. The average Bonchev–Trinajstić information content (AvgIpc) is 2.54. The first-order valence-electron chi connectivity index (χ1n) is 7.50. The van der Waals surface area contributed by atoms with Gasteiger partial charge >= 0.3 is 0 Å². The van der Waals surface area contributed by atoms with E-state index in [-0.39, 0.29) is 17.4 Å². The first-order chi connectivity index (χ1) is 11.0. The Labute approximate surface area is 134 Å². The Morgan fingerprint density at radius 3 is 2.57 bits per heavy atom. The monoisotopic (exact) mass is 306 g/mol. The molecule has 0 aliphatic carbocycles. The zero-order valence-corrected chi connectivity index (χ0v) is 13.1. The van der Waals surface area contributed by atoms with Crippen LogP contribution in [-0.4, -0.2) is 10.8 Å². The molecule has 0 aliphatic rings. The van der Waals surface area contributed by atoms with Crippen LogP contribution in [0.15, 0.2) is 53.5 Å². The Kier molecular flexibility index (Phi) is 3.84. The Hall–Kier alpha value is -2.72. The summed E-state index contributed by atoms with van der Waals surface area (Å²) in [6.45, 7) is 3.81. The Morgan fingerprint density at radius 2 is 1.87 bits per heavy atom. The molecule has 0 radical (unpaired) electrons. The number of aryl methyl sites for hydroxylation is 1. The summed E-state index contributed by atoms with van der Waals surface area (Å²) >= 11 is 0. The highest BCUT2D eigenvalue weighted by Crippen LogP contribution is 2.22. The average molecular weight is 306 g/mol. The van der Waals surface area contributed by atoms with Crippen LogP contribution in [0.1, 0.15) is 40.0 Å². The number of rotatable bonds is 3. The van der Waals surface area contributed by atoms with E-state index in [1.165, 1.54) is 0 Å². The SMILES string of the molecule is Cc1cc([C@H](C)N)ccc1C(=O)c1cccc2c(=O)[nH]ccc12. The second-order valence-electron chi connectivity index (χ2n) is 5.77. The minimum atomic E-state index is -0.193. The second kappa shape index (κ2) is 5.82. The van der Waals surface area contributed by atoms with Gasteiger partial charge in [-0.25, -0.2) is 0 Å². The van der Waals surface area contributed by atoms with Gasteiger partial charge in [-0.15, -0.1) is 0 Å². The molecule has 1 heterocycles. The fourth-order valence-corrected chi connectivity index (χ4v) is 2.79. The van der Waals surface area contributed by atoms with E-state index in [2.05, 4.69) is 4.98 Å². The number of hydrogen-bond donors (Lipinski definition) is 2. The summed E-state index contributed by atoms with van der Waals surface area (Å²) in [6.07, 6.45) is 1.56. The minimum absolute atomic E-state index is 0.0750. The number of fused-ring (bicyclic) bond motifs is 1. The van der Waals surface area contributed by atoms with Crippen LogP contribution in [0.2, 0.25) is 0 Å². The molecule has 4 nitrogen and oxygen atoms in total. The van der Waals surface area contributed by atoms with Crippen LogP contribution in [0, 0.1) is 6.92 Å². The molecule has 3 aromatic rings. The van der Waals surface area contributed by atoms with Gasteiger partial charge < -0.3 is 10.7 Å². The van der Waals surface area contributed by atoms with Gasteiger partial charge in [-0.3, -0.25) is 9.59 Å². The molecule has 1 atom stereocenters. The van der Waals surface area contributed by atoms with Crippen LogP contribution in [0.5, 0.6) is 0 Å². The van der Waals surface area contributed by atoms with Crippen molar-refractivity contribution in [2.45, 2.75) is 19.9 Å². The largest absolute Gasteiger partial charge is 0.329 e. The maximum absolute atomic E-state index is 12.9. The smallest absolute Gasteiger partial charge is 0.255 e. The number of pyridine rings is 1. The summed E-state index contributed by atoms with van der Waals surface area (Å²) in [6, 6.07) is 12.5. The normalized spacial score (nSPS) is 12.3. The highest BCUT2D eigenvalue weighted by atomic mass is 16.1. The lowest BCUT2D eigenvalue weighted by Gasteiger charge is -2.11. The minimum Gasteiger partial charge on any atom is -0.329 e. The Morgan fingerprint density at radius 1 is 1.09 bits per heavy atom. The summed E-state index contributed by atoms with van der Waals surface area (Å²) in [5.74, 6) is -0.0880. The van der Waals surface area contributed by atoms with Crippen LogP contribution in [0.3, 0.4) is 0 Å². The third kappa shape index (κ3) is 2.69. The predicted molar refractivity (Wildman–Crippen MR) is 91.8 cm³/mol. The molecule has 23 heavy (non-hydrogen) atoms. The van der Waals surface area contributed by atoms with Crippen LogP contribution in [0.25, 0.3) is 10.8 Å². The summed E-state index contributed by atoms with van der Waals surface area (Å²) < 4.78 is 0. The summed E-state index contributed by atoms with van der Waals surface area (Å²) in [5.41, 5.74) is 8.73. The number of H-pyrrole nitrogens is 1. The van der Waals surface area contributed by atoms with Crippen LogP contribution < -0.4 is 11.3 Å². The van der Waals surface area contributed by atoms with E-state index in [0.717, 1.165) is 11.1 Å². The third-order valence-electron chi connectivity index (χ3n) is 4.08. The molecular weight excluding hydrogens is 288 g/mol. The van der Waals surface area contributed by atoms with Crippen molar-refractivity contribution < 1.29 is 4.79 Å². The standard InChI is InChI=1S/C19H18N2O2/c1-11-10-13(12(2)20)6-7-14(11)18(22)16-4-3-5-17-15(16)8-9-21-19(17)23/h3-10,12H,20H2,1-2H3,(H,21,23)/t12-/m0/s1. The quantitative estimate of drug-likeness (QED) is 0.730. The van der Waals surface area contributed by atoms with Gasteiger partial charge in [0.2, 0.25) is 0 Å². The highest BCUT2D eigenvalue weighted by molar-refractivity contribution is 6.16. The Bertz CT molecular complexity index is 955. The number of aromatic amines is 1. The topological polar surface area (TPSA) is 76.0 Å². The van der Waals surface area contributed by atoms with Crippen LogP contribution in [0.4, 0.5) is 0 Å². The number of carbonyl (C=O) groups is 1. The molecule has 0 aliphatic heterocycles. The van der Waals surface area contributed by atoms with Crippen molar-refractivity contribution in [3.63, 3.8) is 0 Å². The second-order valence-corrected chi connectivity index (χ2v) is 5.77. The number of benzene rings is 2. The van der Waals surface area contributed by atoms with E-state index in [0.29, 0.717) is 21.9 Å². The zero-order chi connectivity index (χ0) is 16.6. The van der Waals surface area contributed by atoms with Crippen LogP contribution >= 0.6 is 0 Å². The number of nitrogens with one attached hydrogen (secondary N) is 1. The number of nitrogens with two attached hydrogens (primary N) is 1. The lowest BCUT2D eigenvalue weighted by Crippen LogP contribution is -2.10. The van der Waals surface area contributed by atoms with Crippen molar-refractivity contribution in [1.82, 2.24) is 4.98 Å². The van der Waals surface area contributed by atoms with Crippen molar-refractivity contribution in [1.29, 1.82) is 0 Å². The fraction of sp³-hybridized carbons (Fsp3) is 0.158. The molecule has 3 N–H and O–H groups in total. The lowest BCUT2D eigenvalue weighted by molar-refractivity contribution is 0.103. The molecule has 116 valence electrons. The van der Waals surface area contributed by atoms with E-state index < -0.39 is 0 Å². The molecule has 0 saturated heterocycles. The first-order valence-corrected chi connectivity index (χ1v) is 7.50. The first kappa shape index (κ1) is 15.2. The number of aromatic nitrogens is 1. The van der Waals surface area contributed by atoms with E-state index in [1.807, 2.05) is 32.0 Å². The summed E-state index contributed by atoms with van der Waals surface area (Å²) in [4.78, 5) is 27.5. The van der Waals surface area contributed by atoms with Gasteiger partial charge in [-0.2, -0.15) is 0 Å². The summed E-state index contributed by atoms with van der Waals surface area (Å²) in [5, 5.41) is 1.18. The molecule has 0 saturated carbocycles. The molecule has 3 rings (SSSR count). The molecule has 4 heteroatoms. The highest BCUT2D eigenvalue weighted by Gasteiger charge is 2.16. The van der Waals surface area contributed by atoms with Crippen LogP contribution in [-0.2, 0) is 0 Å². The molecule has 0 bridgehead atoms. The molecule has 0 fully saturated rings. The molecule has 1 aromatic heterocycles. The number of ketones is 1. The molecule has 0 unspecified atom stereocenters.